The summed E-state index contributed by atoms with van der Waals surface area (Å²) in [6, 6.07) is 6.17. The number of piperazine rings is 1. The van der Waals surface area contributed by atoms with Gasteiger partial charge in [0.2, 0.25) is 6.79 Å². The van der Waals surface area contributed by atoms with Crippen LogP contribution in [0.25, 0.3) is 0 Å². The molecule has 1 N–H and O–H groups in total. The monoisotopic (exact) mass is 350 g/mol. The van der Waals surface area contributed by atoms with Gasteiger partial charge in [0, 0.05) is 45.9 Å². The maximum atomic E-state index is 10.1. The van der Waals surface area contributed by atoms with E-state index in [9.17, 15) is 5.11 Å². The Balaban J connectivity index is 1.36. The number of nitrogens with zero attached hydrogens (tertiary/aromatic N) is 2. The van der Waals surface area contributed by atoms with E-state index in [4.69, 9.17) is 14.2 Å². The highest BCUT2D eigenvalue weighted by Crippen LogP contribution is 2.32. The van der Waals surface area contributed by atoms with E-state index in [0.29, 0.717) is 19.9 Å². The van der Waals surface area contributed by atoms with Crippen molar-refractivity contribution in [1.82, 2.24) is 9.80 Å². The zero-order chi connectivity index (χ0) is 17.5. The quantitative estimate of drug-likeness (QED) is 0.685. The Morgan fingerprint density at radius 2 is 1.88 bits per heavy atom. The second-order valence-corrected chi connectivity index (χ2v) is 6.85. The maximum absolute atomic E-state index is 10.1. The molecule has 0 spiro atoms. The van der Waals surface area contributed by atoms with Crippen LogP contribution in [-0.4, -0.2) is 73.7 Å². The highest BCUT2D eigenvalue weighted by molar-refractivity contribution is 5.44. The number of β-amino-alcohol motifs (C(OH)–C–C–N with tert-alkyl or cyclic N) is 1. The molecule has 2 aliphatic heterocycles. The highest BCUT2D eigenvalue weighted by Gasteiger charge is 2.20. The Kier molecular flexibility index (Phi) is 6.93. The largest absolute Gasteiger partial charge is 0.454 e. The van der Waals surface area contributed by atoms with Crippen LogP contribution in [0.3, 0.4) is 0 Å². The van der Waals surface area contributed by atoms with Gasteiger partial charge < -0.3 is 19.3 Å². The van der Waals surface area contributed by atoms with Crippen molar-refractivity contribution in [2.24, 2.45) is 0 Å². The van der Waals surface area contributed by atoms with Gasteiger partial charge in [0.1, 0.15) is 0 Å². The van der Waals surface area contributed by atoms with Crippen LogP contribution in [0.15, 0.2) is 18.2 Å². The van der Waals surface area contributed by atoms with Crippen LogP contribution in [0.4, 0.5) is 0 Å². The third-order valence-electron chi connectivity index (χ3n) is 4.73. The first-order valence-electron chi connectivity index (χ1n) is 9.33. The minimum Gasteiger partial charge on any atom is -0.454 e. The smallest absolute Gasteiger partial charge is 0.231 e. The molecule has 0 bridgehead atoms. The molecule has 1 saturated heterocycles. The van der Waals surface area contributed by atoms with Gasteiger partial charge in [0.25, 0.3) is 0 Å². The summed E-state index contributed by atoms with van der Waals surface area (Å²) < 4.78 is 16.3. The van der Waals surface area contributed by atoms with Crippen molar-refractivity contribution in [3.63, 3.8) is 0 Å². The highest BCUT2D eigenvalue weighted by atomic mass is 16.7. The SMILES string of the molecule is CCCCOC[C@H](O)CN1CCN(Cc2ccc3c(c2)OCO3)CC1. The number of benzene rings is 1. The summed E-state index contributed by atoms with van der Waals surface area (Å²) in [5, 5.41) is 10.1. The molecule has 2 heterocycles. The third kappa shape index (κ3) is 5.57. The fourth-order valence-electron chi connectivity index (χ4n) is 3.24. The van der Waals surface area contributed by atoms with Crippen LogP contribution in [-0.2, 0) is 11.3 Å². The van der Waals surface area contributed by atoms with E-state index in [2.05, 4.69) is 28.9 Å². The van der Waals surface area contributed by atoms with Gasteiger partial charge in [-0.1, -0.05) is 19.4 Å². The molecule has 25 heavy (non-hydrogen) atoms. The summed E-state index contributed by atoms with van der Waals surface area (Å²) >= 11 is 0. The molecule has 1 atom stereocenters. The Bertz CT molecular complexity index is 532. The second kappa shape index (κ2) is 9.38. The number of rotatable bonds is 9. The summed E-state index contributed by atoms with van der Waals surface area (Å²) in [6.45, 7) is 9.26. The van der Waals surface area contributed by atoms with Gasteiger partial charge in [-0.05, 0) is 24.1 Å². The zero-order valence-electron chi connectivity index (χ0n) is 15.2. The van der Waals surface area contributed by atoms with Crippen LogP contribution in [0.1, 0.15) is 25.3 Å². The molecule has 0 saturated carbocycles. The molecule has 0 aromatic heterocycles. The molecule has 1 fully saturated rings. The molecule has 3 rings (SSSR count). The number of aliphatic hydroxyl groups excluding tert-OH is 1. The first-order chi connectivity index (χ1) is 12.2. The summed E-state index contributed by atoms with van der Waals surface area (Å²) in [7, 11) is 0. The standard InChI is InChI=1S/C19H30N2O4/c1-2-3-10-23-14-17(22)13-21-8-6-20(7-9-21)12-16-4-5-18-19(11-16)25-15-24-18/h4-5,11,17,22H,2-3,6-10,12-15H2,1H3/t17-/m1/s1. The summed E-state index contributed by atoms with van der Waals surface area (Å²) in [4.78, 5) is 4.77. The molecule has 140 valence electrons. The molecule has 1 aromatic carbocycles. The van der Waals surface area contributed by atoms with Crippen molar-refractivity contribution in [2.75, 3.05) is 52.7 Å². The zero-order valence-corrected chi connectivity index (χ0v) is 15.2. The van der Waals surface area contributed by atoms with E-state index in [1.807, 2.05) is 6.07 Å². The Morgan fingerprint density at radius 1 is 1.12 bits per heavy atom. The predicted octanol–water partition coefficient (Wildman–Crippen LogP) is 1.71. The minimum atomic E-state index is -0.391. The van der Waals surface area contributed by atoms with Gasteiger partial charge in [-0.25, -0.2) is 0 Å². The second-order valence-electron chi connectivity index (χ2n) is 6.85. The molecule has 0 radical (unpaired) electrons. The molecule has 1 aromatic rings. The summed E-state index contributed by atoms with van der Waals surface area (Å²) in [6.07, 6.45) is 1.80. The molecule has 6 heteroatoms. The van der Waals surface area contributed by atoms with Gasteiger partial charge in [0.05, 0.1) is 12.7 Å². The van der Waals surface area contributed by atoms with Crippen molar-refractivity contribution in [1.29, 1.82) is 0 Å². The van der Waals surface area contributed by atoms with Gasteiger partial charge in [0.15, 0.2) is 11.5 Å². The first-order valence-corrected chi connectivity index (χ1v) is 9.33. The molecular weight excluding hydrogens is 320 g/mol. The fourth-order valence-corrected chi connectivity index (χ4v) is 3.24. The lowest BCUT2D eigenvalue weighted by atomic mass is 10.1. The normalized spacial score (nSPS) is 19.3. The number of hydrogen-bond acceptors (Lipinski definition) is 6. The Morgan fingerprint density at radius 3 is 2.68 bits per heavy atom. The molecule has 0 amide bonds. The molecule has 0 aliphatic carbocycles. The predicted molar refractivity (Wildman–Crippen MR) is 96.0 cm³/mol. The first kappa shape index (κ1) is 18.5. The van der Waals surface area contributed by atoms with E-state index in [1.54, 1.807) is 0 Å². The number of ether oxygens (including phenoxy) is 3. The third-order valence-corrected chi connectivity index (χ3v) is 4.73. The van der Waals surface area contributed by atoms with Gasteiger partial charge in [-0.15, -0.1) is 0 Å². The van der Waals surface area contributed by atoms with Crippen molar-refractivity contribution < 1.29 is 19.3 Å². The minimum absolute atomic E-state index is 0.321. The summed E-state index contributed by atoms with van der Waals surface area (Å²) in [5.41, 5.74) is 1.25. The van der Waals surface area contributed by atoms with Crippen molar-refractivity contribution >= 4 is 0 Å². The molecule has 6 nitrogen and oxygen atoms in total. The lowest BCUT2D eigenvalue weighted by molar-refractivity contribution is 0.00587. The molecule has 0 unspecified atom stereocenters. The van der Waals surface area contributed by atoms with Crippen molar-refractivity contribution in [3.05, 3.63) is 23.8 Å². The molecular formula is C19H30N2O4. The average Bonchev–Trinajstić information content (AvgIpc) is 3.08. The van der Waals surface area contributed by atoms with Gasteiger partial charge in [-0.2, -0.15) is 0 Å². The Labute approximate surface area is 150 Å². The van der Waals surface area contributed by atoms with Crippen LogP contribution in [0, 0.1) is 0 Å². The average molecular weight is 350 g/mol. The van der Waals surface area contributed by atoms with E-state index in [1.165, 1.54) is 5.56 Å². The number of aliphatic hydroxyl groups is 1. The number of fused-ring (bicyclic) bond motifs is 1. The van der Waals surface area contributed by atoms with E-state index >= 15 is 0 Å². The number of hydrogen-bond donors (Lipinski definition) is 1. The van der Waals surface area contributed by atoms with Crippen molar-refractivity contribution in [3.8, 4) is 11.5 Å². The molecule has 2 aliphatic rings. The van der Waals surface area contributed by atoms with Crippen LogP contribution >= 0.6 is 0 Å². The Hall–Kier alpha value is -1.34. The van der Waals surface area contributed by atoms with E-state index in [0.717, 1.165) is 63.7 Å². The van der Waals surface area contributed by atoms with Crippen molar-refractivity contribution in [2.45, 2.75) is 32.4 Å². The van der Waals surface area contributed by atoms with Gasteiger partial charge in [-0.3, -0.25) is 9.80 Å². The maximum Gasteiger partial charge on any atom is 0.231 e. The van der Waals surface area contributed by atoms with Crippen LogP contribution in [0.2, 0.25) is 0 Å². The number of unbranched alkanes of at least 4 members (excludes halogenated alkanes) is 1. The van der Waals surface area contributed by atoms with Gasteiger partial charge >= 0.3 is 0 Å². The lowest BCUT2D eigenvalue weighted by Crippen LogP contribution is -2.48. The van der Waals surface area contributed by atoms with E-state index < -0.39 is 6.10 Å². The topological polar surface area (TPSA) is 54.4 Å². The van der Waals surface area contributed by atoms with E-state index in [-0.39, 0.29) is 0 Å². The summed E-state index contributed by atoms with van der Waals surface area (Å²) in [5.74, 6) is 1.69. The lowest BCUT2D eigenvalue weighted by Gasteiger charge is -2.35. The fraction of sp³-hybridized carbons (Fsp3) is 0.684. The van der Waals surface area contributed by atoms with Crippen LogP contribution in [0.5, 0.6) is 11.5 Å². The van der Waals surface area contributed by atoms with Crippen LogP contribution < -0.4 is 9.47 Å².